The van der Waals surface area contributed by atoms with E-state index in [4.69, 9.17) is 19.3 Å². The van der Waals surface area contributed by atoms with Gasteiger partial charge in [0, 0.05) is 13.8 Å². The van der Waals surface area contributed by atoms with Crippen molar-refractivity contribution in [3.8, 4) is 0 Å². The van der Waals surface area contributed by atoms with Crippen molar-refractivity contribution in [3.05, 3.63) is 0 Å². The summed E-state index contributed by atoms with van der Waals surface area (Å²) in [6.07, 6.45) is -4.46. The summed E-state index contributed by atoms with van der Waals surface area (Å²) >= 11 is 0. The molecule has 1 heterocycles. The van der Waals surface area contributed by atoms with Crippen LogP contribution in [0.15, 0.2) is 0 Å². The van der Waals surface area contributed by atoms with E-state index in [2.05, 4.69) is 0 Å². The molecule has 2 N–H and O–H groups in total. The average Bonchev–Trinajstić information content (AvgIpc) is 2.44. The van der Waals surface area contributed by atoms with E-state index in [1.807, 2.05) is 0 Å². The highest BCUT2D eigenvalue weighted by atomic mass is 16.7. The fourth-order valence-corrected chi connectivity index (χ4v) is 1.43. The molecule has 3 unspecified atom stereocenters. The monoisotopic (exact) mass is 234 g/mol. The molecule has 7 nitrogen and oxygen atoms in total. The van der Waals surface area contributed by atoms with Crippen molar-refractivity contribution in [2.75, 3.05) is 6.61 Å². The molecule has 4 atom stereocenters. The largest absolute Gasteiger partial charge is 0.453 e. The van der Waals surface area contributed by atoms with Gasteiger partial charge < -0.3 is 24.4 Å². The third-order valence-corrected chi connectivity index (χ3v) is 2.06. The molecule has 92 valence electrons. The maximum absolute atomic E-state index is 10.8. The second kappa shape index (κ2) is 5.24. The van der Waals surface area contributed by atoms with Gasteiger partial charge in [-0.3, -0.25) is 9.59 Å². The van der Waals surface area contributed by atoms with E-state index in [1.165, 1.54) is 0 Å². The Kier molecular flexibility index (Phi) is 4.22. The first-order chi connectivity index (χ1) is 7.45. The molecule has 0 bridgehead atoms. The van der Waals surface area contributed by atoms with Gasteiger partial charge in [-0.05, 0) is 0 Å². The molecular weight excluding hydrogens is 220 g/mol. The Balaban J connectivity index is 2.72. The number of rotatable bonds is 3. The van der Waals surface area contributed by atoms with Crippen molar-refractivity contribution in [1.82, 2.24) is 0 Å². The number of carbonyl (C=O) groups excluding carboxylic acids is 2. The standard InChI is InChI=1S/C9H14O7/c1-4(11)14-8-7(13)6(3-10)16-9(8)15-5(2)12/h6-10,13H,3H2,1-2H3/t6-,7?,8?,9?/m1/s1. The van der Waals surface area contributed by atoms with Gasteiger partial charge in [-0.2, -0.15) is 0 Å². The summed E-state index contributed by atoms with van der Waals surface area (Å²) in [4.78, 5) is 21.5. The van der Waals surface area contributed by atoms with Crippen molar-refractivity contribution >= 4 is 11.9 Å². The molecule has 0 aromatic carbocycles. The van der Waals surface area contributed by atoms with E-state index < -0.39 is 43.1 Å². The summed E-state index contributed by atoms with van der Waals surface area (Å²) in [5, 5.41) is 18.5. The topological polar surface area (TPSA) is 102 Å². The van der Waals surface area contributed by atoms with E-state index in [0.29, 0.717) is 0 Å². The van der Waals surface area contributed by atoms with Crippen molar-refractivity contribution in [2.24, 2.45) is 0 Å². The molecule has 1 aliphatic heterocycles. The predicted molar refractivity (Wildman–Crippen MR) is 49.1 cm³/mol. The van der Waals surface area contributed by atoms with Gasteiger partial charge in [0.1, 0.15) is 12.2 Å². The zero-order chi connectivity index (χ0) is 12.3. The Labute approximate surface area is 91.9 Å². The average molecular weight is 234 g/mol. The zero-order valence-corrected chi connectivity index (χ0v) is 8.95. The van der Waals surface area contributed by atoms with E-state index in [1.54, 1.807) is 0 Å². The van der Waals surface area contributed by atoms with Gasteiger partial charge in [-0.25, -0.2) is 0 Å². The third kappa shape index (κ3) is 2.91. The molecule has 1 fully saturated rings. The van der Waals surface area contributed by atoms with E-state index >= 15 is 0 Å². The highest BCUT2D eigenvalue weighted by molar-refractivity contribution is 5.67. The first-order valence-corrected chi connectivity index (χ1v) is 4.74. The highest BCUT2D eigenvalue weighted by Gasteiger charge is 2.47. The minimum Gasteiger partial charge on any atom is -0.453 e. The van der Waals surface area contributed by atoms with Crippen molar-refractivity contribution in [2.45, 2.75) is 38.4 Å². The normalized spacial score (nSPS) is 33.5. The first kappa shape index (κ1) is 12.9. The maximum atomic E-state index is 10.8. The summed E-state index contributed by atoms with van der Waals surface area (Å²) in [7, 11) is 0. The Morgan fingerprint density at radius 1 is 1.25 bits per heavy atom. The van der Waals surface area contributed by atoms with Crippen LogP contribution in [0.5, 0.6) is 0 Å². The number of hydrogen-bond acceptors (Lipinski definition) is 7. The lowest BCUT2D eigenvalue weighted by Gasteiger charge is -2.19. The molecule has 0 radical (unpaired) electrons. The quantitative estimate of drug-likeness (QED) is 0.576. The van der Waals surface area contributed by atoms with Crippen LogP contribution in [0.25, 0.3) is 0 Å². The van der Waals surface area contributed by atoms with Crippen LogP contribution in [0.2, 0.25) is 0 Å². The summed E-state index contributed by atoms with van der Waals surface area (Å²) < 4.78 is 14.5. The first-order valence-electron chi connectivity index (χ1n) is 4.74. The summed E-state index contributed by atoms with van der Waals surface area (Å²) in [5.74, 6) is -1.27. The lowest BCUT2D eigenvalue weighted by molar-refractivity contribution is -0.196. The fourth-order valence-electron chi connectivity index (χ4n) is 1.43. The zero-order valence-electron chi connectivity index (χ0n) is 8.95. The summed E-state index contributed by atoms with van der Waals surface area (Å²) in [5.41, 5.74) is 0. The predicted octanol–water partition coefficient (Wildman–Crippen LogP) is -1.44. The molecule has 16 heavy (non-hydrogen) atoms. The Hall–Kier alpha value is -1.18. The van der Waals surface area contributed by atoms with Crippen molar-refractivity contribution in [1.29, 1.82) is 0 Å². The van der Waals surface area contributed by atoms with Crippen LogP contribution in [0.3, 0.4) is 0 Å². The number of carbonyl (C=O) groups is 2. The lowest BCUT2D eigenvalue weighted by Crippen LogP contribution is -2.38. The van der Waals surface area contributed by atoms with Gasteiger partial charge in [-0.15, -0.1) is 0 Å². The molecule has 1 saturated heterocycles. The van der Waals surface area contributed by atoms with Gasteiger partial charge in [0.2, 0.25) is 6.29 Å². The summed E-state index contributed by atoms with van der Waals surface area (Å²) in [6, 6.07) is 0. The molecule has 7 heteroatoms. The highest BCUT2D eigenvalue weighted by Crippen LogP contribution is 2.25. The van der Waals surface area contributed by atoms with Crippen LogP contribution >= 0.6 is 0 Å². The Bertz CT molecular complexity index is 277. The maximum Gasteiger partial charge on any atom is 0.305 e. The molecule has 0 amide bonds. The van der Waals surface area contributed by atoms with Crippen LogP contribution in [-0.4, -0.2) is 53.4 Å². The number of hydrogen-bond donors (Lipinski definition) is 2. The molecule has 0 spiro atoms. The van der Waals surface area contributed by atoms with Gasteiger partial charge in [-0.1, -0.05) is 0 Å². The number of esters is 2. The second-order valence-corrected chi connectivity index (χ2v) is 3.40. The lowest BCUT2D eigenvalue weighted by atomic mass is 10.1. The number of ether oxygens (including phenoxy) is 3. The van der Waals surface area contributed by atoms with E-state index in [9.17, 15) is 14.7 Å². The fraction of sp³-hybridized carbons (Fsp3) is 0.778. The SMILES string of the molecule is CC(=O)OC1O[C@H](CO)C(O)C1OC(C)=O. The van der Waals surface area contributed by atoms with Crippen LogP contribution in [0.1, 0.15) is 13.8 Å². The molecule has 0 aromatic rings. The van der Waals surface area contributed by atoms with Crippen molar-refractivity contribution in [3.63, 3.8) is 0 Å². The van der Waals surface area contributed by atoms with Gasteiger partial charge in [0.05, 0.1) is 6.61 Å². The minimum atomic E-state index is -1.22. The van der Waals surface area contributed by atoms with Crippen LogP contribution in [0.4, 0.5) is 0 Å². The molecule has 1 rings (SSSR count). The van der Waals surface area contributed by atoms with Crippen molar-refractivity contribution < 1.29 is 34.0 Å². The molecule has 0 aliphatic carbocycles. The van der Waals surface area contributed by atoms with E-state index in [0.717, 1.165) is 13.8 Å². The summed E-state index contributed by atoms with van der Waals surface area (Å²) in [6.45, 7) is 1.85. The molecular formula is C9H14O7. The van der Waals surface area contributed by atoms with Crippen LogP contribution < -0.4 is 0 Å². The van der Waals surface area contributed by atoms with Crippen LogP contribution in [-0.2, 0) is 23.8 Å². The van der Waals surface area contributed by atoms with Gasteiger partial charge in [0.25, 0.3) is 0 Å². The number of aliphatic hydroxyl groups excluding tert-OH is 2. The Morgan fingerprint density at radius 2 is 1.81 bits per heavy atom. The van der Waals surface area contributed by atoms with E-state index in [-0.39, 0.29) is 0 Å². The third-order valence-electron chi connectivity index (χ3n) is 2.06. The smallest absolute Gasteiger partial charge is 0.305 e. The second-order valence-electron chi connectivity index (χ2n) is 3.40. The molecule has 0 aromatic heterocycles. The molecule has 0 saturated carbocycles. The minimum absolute atomic E-state index is 0.462. The Morgan fingerprint density at radius 3 is 2.25 bits per heavy atom. The number of aliphatic hydroxyl groups is 2. The van der Waals surface area contributed by atoms with Gasteiger partial charge >= 0.3 is 11.9 Å². The van der Waals surface area contributed by atoms with Crippen LogP contribution in [0, 0.1) is 0 Å². The van der Waals surface area contributed by atoms with Gasteiger partial charge in [0.15, 0.2) is 6.10 Å². The molecule has 1 aliphatic rings.